The van der Waals surface area contributed by atoms with Crippen LogP contribution in [0.4, 0.5) is 0 Å². The quantitative estimate of drug-likeness (QED) is 0.707. The zero-order chi connectivity index (χ0) is 10.1. The number of halogens is 3. The highest BCUT2D eigenvalue weighted by atomic mass is 79.9. The van der Waals surface area contributed by atoms with Gasteiger partial charge in [0.25, 0.3) is 0 Å². The van der Waals surface area contributed by atoms with Gasteiger partial charge in [-0.05, 0) is 45.7 Å². The molecule has 1 aromatic carbocycles. The fourth-order valence-corrected chi connectivity index (χ4v) is 3.36. The first-order valence-electron chi connectivity index (χ1n) is 3.61. The van der Waals surface area contributed by atoms with Crippen LogP contribution in [0.15, 0.2) is 31.9 Å². The van der Waals surface area contributed by atoms with E-state index in [0.717, 1.165) is 19.5 Å². The van der Waals surface area contributed by atoms with Crippen molar-refractivity contribution in [3.8, 4) is 10.6 Å². The second kappa shape index (κ2) is 4.38. The summed E-state index contributed by atoms with van der Waals surface area (Å²) >= 11 is 11.5. The number of aromatic nitrogens is 2. The van der Waals surface area contributed by atoms with Gasteiger partial charge in [0.2, 0.25) is 4.73 Å². The Balaban J connectivity index is 2.51. The minimum Gasteiger partial charge on any atom is -0.209 e. The fourth-order valence-electron chi connectivity index (χ4n) is 1.00. The number of hydrogen-bond donors (Lipinski definition) is 0. The zero-order valence-corrected chi connectivity index (χ0v) is 12.2. The van der Waals surface area contributed by atoms with Gasteiger partial charge in [-0.3, -0.25) is 0 Å². The molecular weight excluding hydrogens is 396 g/mol. The molecule has 14 heavy (non-hydrogen) atoms. The third kappa shape index (κ3) is 2.42. The van der Waals surface area contributed by atoms with Crippen LogP contribution in [0.2, 0.25) is 0 Å². The second-order valence-corrected chi connectivity index (χ2v) is 5.82. The van der Waals surface area contributed by atoms with E-state index in [0.29, 0.717) is 4.73 Å². The molecule has 2 nitrogen and oxygen atoms in total. The summed E-state index contributed by atoms with van der Waals surface area (Å²) in [7, 11) is 0. The molecule has 72 valence electrons. The predicted octanol–water partition coefficient (Wildman–Crippen LogP) is 4.49. The molecule has 0 bridgehead atoms. The maximum Gasteiger partial charge on any atom is 0.209 e. The molecular formula is C8H3Br3N2S. The smallest absolute Gasteiger partial charge is 0.209 e. The van der Waals surface area contributed by atoms with E-state index in [4.69, 9.17) is 0 Å². The molecule has 0 N–H and O–H groups in total. The first-order chi connectivity index (χ1) is 6.65. The van der Waals surface area contributed by atoms with Gasteiger partial charge in [-0.2, -0.15) is 4.37 Å². The first kappa shape index (κ1) is 10.7. The zero-order valence-electron chi connectivity index (χ0n) is 6.67. The van der Waals surface area contributed by atoms with Crippen LogP contribution in [0.3, 0.4) is 0 Å². The van der Waals surface area contributed by atoms with Crippen LogP contribution < -0.4 is 0 Å². The van der Waals surface area contributed by atoms with E-state index in [1.807, 2.05) is 18.2 Å². The summed E-state index contributed by atoms with van der Waals surface area (Å²) in [6, 6.07) is 6.01. The molecule has 0 aliphatic heterocycles. The van der Waals surface area contributed by atoms with Crippen LogP contribution in [0.5, 0.6) is 0 Å². The van der Waals surface area contributed by atoms with Crippen LogP contribution >= 0.6 is 59.3 Å². The lowest BCUT2D eigenvalue weighted by molar-refractivity contribution is 1.26. The van der Waals surface area contributed by atoms with Gasteiger partial charge in [-0.25, -0.2) is 4.98 Å². The highest BCUT2D eigenvalue weighted by Crippen LogP contribution is 2.29. The molecule has 0 fully saturated rings. The van der Waals surface area contributed by atoms with E-state index >= 15 is 0 Å². The number of nitrogens with zero attached hydrogens (tertiary/aromatic N) is 2. The third-order valence-corrected chi connectivity index (χ3v) is 3.78. The Morgan fingerprint density at radius 2 is 1.64 bits per heavy atom. The first-order valence-corrected chi connectivity index (χ1v) is 6.76. The van der Waals surface area contributed by atoms with Crippen molar-refractivity contribution in [1.29, 1.82) is 0 Å². The molecule has 0 aliphatic rings. The molecule has 0 amide bonds. The van der Waals surface area contributed by atoms with Gasteiger partial charge in [0.05, 0.1) is 0 Å². The Kier molecular flexibility index (Phi) is 3.36. The molecule has 2 rings (SSSR count). The van der Waals surface area contributed by atoms with Crippen LogP contribution in [0.1, 0.15) is 0 Å². The second-order valence-electron chi connectivity index (χ2n) is 2.53. The molecule has 0 saturated heterocycles. The summed E-state index contributed by atoms with van der Waals surface area (Å²) in [5, 5.41) is 0.902. The van der Waals surface area contributed by atoms with Crippen molar-refractivity contribution in [2.24, 2.45) is 0 Å². The van der Waals surface area contributed by atoms with E-state index in [1.165, 1.54) is 11.5 Å². The summed E-state index contributed by atoms with van der Waals surface area (Å²) in [5.41, 5.74) is 1.05. The summed E-state index contributed by atoms with van der Waals surface area (Å²) < 4.78 is 6.74. The average molecular weight is 399 g/mol. The van der Waals surface area contributed by atoms with Gasteiger partial charge >= 0.3 is 0 Å². The molecule has 0 atom stereocenters. The van der Waals surface area contributed by atoms with Crippen molar-refractivity contribution in [2.75, 3.05) is 0 Å². The molecule has 0 saturated carbocycles. The van der Waals surface area contributed by atoms with Gasteiger partial charge in [-0.15, -0.1) is 0 Å². The number of benzene rings is 1. The van der Waals surface area contributed by atoms with E-state index in [-0.39, 0.29) is 0 Å². The highest BCUT2D eigenvalue weighted by Gasteiger charge is 2.06. The highest BCUT2D eigenvalue weighted by molar-refractivity contribution is 9.11. The lowest BCUT2D eigenvalue weighted by Gasteiger charge is -1.98. The average Bonchev–Trinajstić information content (AvgIpc) is 2.50. The minimum absolute atomic E-state index is 0.633. The summed E-state index contributed by atoms with van der Waals surface area (Å²) in [5.74, 6) is 0. The van der Waals surface area contributed by atoms with Gasteiger partial charge in [0.15, 0.2) is 0 Å². The fraction of sp³-hybridized carbons (Fsp3) is 0. The van der Waals surface area contributed by atoms with Crippen molar-refractivity contribution in [3.63, 3.8) is 0 Å². The Bertz CT molecular complexity index is 449. The van der Waals surface area contributed by atoms with Crippen LogP contribution in [-0.4, -0.2) is 9.36 Å². The van der Waals surface area contributed by atoms with Gasteiger partial charge < -0.3 is 0 Å². The molecule has 2 aromatic rings. The molecule has 0 unspecified atom stereocenters. The normalized spacial score (nSPS) is 10.5. The topological polar surface area (TPSA) is 25.8 Å². The SMILES string of the molecule is Brc1cc(Br)cc(-c2nc(Br)ns2)c1. The van der Waals surface area contributed by atoms with E-state index in [1.54, 1.807) is 0 Å². The summed E-state index contributed by atoms with van der Waals surface area (Å²) in [4.78, 5) is 4.25. The van der Waals surface area contributed by atoms with Crippen molar-refractivity contribution >= 4 is 59.3 Å². The van der Waals surface area contributed by atoms with Crippen LogP contribution in [0.25, 0.3) is 10.6 Å². The standard InChI is InChI=1S/C8H3Br3N2S/c9-5-1-4(2-6(10)3-5)7-12-8(11)13-14-7/h1-3H. The summed E-state index contributed by atoms with van der Waals surface area (Å²) in [6.07, 6.45) is 0. The van der Waals surface area contributed by atoms with Crippen LogP contribution in [0, 0.1) is 0 Å². The third-order valence-electron chi connectivity index (χ3n) is 1.51. The Hall–Kier alpha value is 0.220. The van der Waals surface area contributed by atoms with Gasteiger partial charge in [0, 0.05) is 14.5 Å². The predicted molar refractivity (Wildman–Crippen MR) is 68.4 cm³/mol. The molecule has 0 spiro atoms. The molecule has 1 aromatic heterocycles. The van der Waals surface area contributed by atoms with Crippen molar-refractivity contribution in [1.82, 2.24) is 9.36 Å². The van der Waals surface area contributed by atoms with Crippen molar-refractivity contribution in [2.45, 2.75) is 0 Å². The lowest BCUT2D eigenvalue weighted by Crippen LogP contribution is -1.77. The van der Waals surface area contributed by atoms with Gasteiger partial charge in [0.1, 0.15) is 5.01 Å². The Labute approximate surface area is 110 Å². The number of rotatable bonds is 1. The molecule has 6 heteroatoms. The Morgan fingerprint density at radius 3 is 2.14 bits per heavy atom. The van der Waals surface area contributed by atoms with E-state index < -0.39 is 0 Å². The van der Waals surface area contributed by atoms with Gasteiger partial charge in [-0.1, -0.05) is 31.9 Å². The van der Waals surface area contributed by atoms with Crippen LogP contribution in [-0.2, 0) is 0 Å². The van der Waals surface area contributed by atoms with Crippen molar-refractivity contribution < 1.29 is 0 Å². The minimum atomic E-state index is 0.633. The maximum atomic E-state index is 4.25. The number of hydrogen-bond acceptors (Lipinski definition) is 3. The lowest BCUT2D eigenvalue weighted by atomic mass is 10.2. The largest absolute Gasteiger partial charge is 0.209 e. The van der Waals surface area contributed by atoms with E-state index in [9.17, 15) is 0 Å². The molecule has 0 radical (unpaired) electrons. The summed E-state index contributed by atoms with van der Waals surface area (Å²) in [6.45, 7) is 0. The van der Waals surface area contributed by atoms with E-state index in [2.05, 4.69) is 57.1 Å². The van der Waals surface area contributed by atoms with Crippen molar-refractivity contribution in [3.05, 3.63) is 31.9 Å². The Morgan fingerprint density at radius 1 is 1.00 bits per heavy atom. The maximum absolute atomic E-state index is 4.25. The monoisotopic (exact) mass is 396 g/mol. The molecule has 0 aliphatic carbocycles. The molecule has 1 heterocycles.